The first-order chi connectivity index (χ1) is 8.09. The molecular formula is C13H14N2OS. The minimum Gasteiger partial charge on any atom is -0.399 e. The molecule has 2 N–H and O–H groups in total. The van der Waals surface area contributed by atoms with Gasteiger partial charge in [-0.15, -0.1) is 11.3 Å². The lowest BCUT2D eigenvalue weighted by Gasteiger charge is -2.17. The molecule has 0 aliphatic heterocycles. The topological polar surface area (TPSA) is 46.3 Å². The van der Waals surface area contributed by atoms with Gasteiger partial charge in [0.15, 0.2) is 0 Å². The van der Waals surface area contributed by atoms with E-state index in [1.807, 2.05) is 30.5 Å². The number of rotatable bonds is 2. The van der Waals surface area contributed by atoms with E-state index >= 15 is 0 Å². The second-order valence-corrected chi connectivity index (χ2v) is 4.81. The third-order valence-corrected chi connectivity index (χ3v) is 3.62. The zero-order valence-corrected chi connectivity index (χ0v) is 10.6. The van der Waals surface area contributed by atoms with Crippen LogP contribution in [0.2, 0.25) is 0 Å². The highest BCUT2D eigenvalue weighted by molar-refractivity contribution is 7.12. The van der Waals surface area contributed by atoms with Gasteiger partial charge in [0.05, 0.1) is 4.88 Å². The van der Waals surface area contributed by atoms with Gasteiger partial charge < -0.3 is 10.6 Å². The number of carbonyl (C=O) groups is 1. The molecule has 17 heavy (non-hydrogen) atoms. The molecule has 4 heteroatoms. The normalized spacial score (nSPS) is 10.2. The van der Waals surface area contributed by atoms with Crippen LogP contribution in [0.4, 0.5) is 11.4 Å². The van der Waals surface area contributed by atoms with Gasteiger partial charge in [-0.1, -0.05) is 6.07 Å². The third kappa shape index (κ3) is 2.31. The van der Waals surface area contributed by atoms with Crippen LogP contribution in [0.1, 0.15) is 15.2 Å². The number of nitrogens with zero attached hydrogens (tertiary/aromatic N) is 1. The Morgan fingerprint density at radius 1 is 1.35 bits per heavy atom. The van der Waals surface area contributed by atoms with E-state index in [9.17, 15) is 4.79 Å². The molecule has 1 heterocycles. The highest BCUT2D eigenvalue weighted by Crippen LogP contribution is 2.22. The SMILES string of the molecule is Cc1ccsc1C(=O)N(C)c1cccc(N)c1. The molecule has 2 aromatic rings. The van der Waals surface area contributed by atoms with Gasteiger partial charge in [-0.25, -0.2) is 0 Å². The fourth-order valence-corrected chi connectivity index (χ4v) is 2.49. The summed E-state index contributed by atoms with van der Waals surface area (Å²) in [6.45, 7) is 1.94. The molecule has 0 saturated carbocycles. The largest absolute Gasteiger partial charge is 0.399 e. The maximum atomic E-state index is 12.2. The molecule has 0 aliphatic carbocycles. The standard InChI is InChI=1S/C13H14N2OS/c1-9-6-7-17-12(9)13(16)15(2)11-5-3-4-10(14)8-11/h3-8H,14H2,1-2H3. The van der Waals surface area contributed by atoms with Crippen molar-refractivity contribution >= 4 is 28.6 Å². The number of amides is 1. The minimum atomic E-state index is 0.00287. The summed E-state index contributed by atoms with van der Waals surface area (Å²) < 4.78 is 0. The van der Waals surface area contributed by atoms with Gasteiger partial charge in [-0.3, -0.25) is 4.79 Å². The smallest absolute Gasteiger partial charge is 0.268 e. The zero-order chi connectivity index (χ0) is 12.4. The summed E-state index contributed by atoms with van der Waals surface area (Å²) in [5.41, 5.74) is 8.19. The maximum Gasteiger partial charge on any atom is 0.268 e. The van der Waals surface area contributed by atoms with Crippen LogP contribution < -0.4 is 10.6 Å². The van der Waals surface area contributed by atoms with Crippen LogP contribution in [-0.4, -0.2) is 13.0 Å². The number of nitrogens with two attached hydrogens (primary N) is 1. The van der Waals surface area contributed by atoms with Crippen molar-refractivity contribution in [2.24, 2.45) is 0 Å². The van der Waals surface area contributed by atoms with E-state index in [0.717, 1.165) is 16.1 Å². The zero-order valence-electron chi connectivity index (χ0n) is 9.81. The lowest BCUT2D eigenvalue weighted by molar-refractivity contribution is 0.0996. The van der Waals surface area contributed by atoms with E-state index in [-0.39, 0.29) is 5.91 Å². The molecule has 0 spiro atoms. The Labute approximate surface area is 104 Å². The molecule has 0 unspecified atom stereocenters. The van der Waals surface area contributed by atoms with Gasteiger partial charge >= 0.3 is 0 Å². The van der Waals surface area contributed by atoms with Crippen molar-refractivity contribution in [3.63, 3.8) is 0 Å². The molecule has 2 rings (SSSR count). The average Bonchev–Trinajstić information content (AvgIpc) is 2.73. The summed E-state index contributed by atoms with van der Waals surface area (Å²) in [4.78, 5) is 14.6. The van der Waals surface area contributed by atoms with Gasteiger partial charge in [-0.05, 0) is 42.1 Å². The van der Waals surface area contributed by atoms with E-state index in [1.54, 1.807) is 24.1 Å². The summed E-state index contributed by atoms with van der Waals surface area (Å²) in [5, 5.41) is 1.93. The van der Waals surface area contributed by atoms with E-state index in [2.05, 4.69) is 0 Å². The number of carbonyl (C=O) groups excluding carboxylic acids is 1. The summed E-state index contributed by atoms with van der Waals surface area (Å²) >= 11 is 1.46. The number of anilines is 2. The Bertz CT molecular complexity index is 548. The molecule has 1 aromatic heterocycles. The van der Waals surface area contributed by atoms with Crippen LogP contribution in [-0.2, 0) is 0 Å². The second-order valence-electron chi connectivity index (χ2n) is 3.89. The molecule has 88 valence electrons. The molecule has 3 nitrogen and oxygen atoms in total. The predicted octanol–water partition coefficient (Wildman–Crippen LogP) is 2.92. The van der Waals surface area contributed by atoms with Gasteiger partial charge in [0.2, 0.25) is 0 Å². The third-order valence-electron chi connectivity index (χ3n) is 2.62. The monoisotopic (exact) mass is 246 g/mol. The number of thiophene rings is 1. The molecule has 0 bridgehead atoms. The first kappa shape index (κ1) is 11.7. The van der Waals surface area contributed by atoms with Gasteiger partial charge in [0, 0.05) is 18.4 Å². The fraction of sp³-hybridized carbons (Fsp3) is 0.154. The summed E-state index contributed by atoms with van der Waals surface area (Å²) in [6, 6.07) is 9.26. The van der Waals surface area contributed by atoms with Crippen LogP contribution >= 0.6 is 11.3 Å². The van der Waals surface area contributed by atoms with Crippen molar-refractivity contribution < 1.29 is 4.79 Å². The quantitative estimate of drug-likeness (QED) is 0.828. The van der Waals surface area contributed by atoms with Crippen molar-refractivity contribution in [1.82, 2.24) is 0 Å². The highest BCUT2D eigenvalue weighted by Gasteiger charge is 2.16. The van der Waals surface area contributed by atoms with Crippen LogP contribution in [0.5, 0.6) is 0 Å². The molecule has 0 aliphatic rings. The molecule has 0 fully saturated rings. The van der Waals surface area contributed by atoms with Crippen LogP contribution in [0.3, 0.4) is 0 Å². The van der Waals surface area contributed by atoms with E-state index in [0.29, 0.717) is 5.69 Å². The Morgan fingerprint density at radius 3 is 2.71 bits per heavy atom. The first-order valence-electron chi connectivity index (χ1n) is 5.27. The molecule has 0 atom stereocenters. The molecule has 0 radical (unpaired) electrons. The Kier molecular flexibility index (Phi) is 3.15. The number of benzene rings is 1. The Hall–Kier alpha value is -1.81. The Morgan fingerprint density at radius 2 is 2.12 bits per heavy atom. The van der Waals surface area contributed by atoms with Crippen molar-refractivity contribution in [3.8, 4) is 0 Å². The second kappa shape index (κ2) is 4.59. The van der Waals surface area contributed by atoms with Gasteiger partial charge in [-0.2, -0.15) is 0 Å². The number of nitrogen functional groups attached to an aromatic ring is 1. The van der Waals surface area contributed by atoms with E-state index in [1.165, 1.54) is 11.3 Å². The maximum absolute atomic E-state index is 12.2. The number of aryl methyl sites for hydroxylation is 1. The van der Waals surface area contributed by atoms with Crippen molar-refractivity contribution in [3.05, 3.63) is 46.2 Å². The minimum absolute atomic E-state index is 0.00287. The van der Waals surface area contributed by atoms with E-state index in [4.69, 9.17) is 5.73 Å². The summed E-state index contributed by atoms with van der Waals surface area (Å²) in [5.74, 6) is 0.00287. The van der Waals surface area contributed by atoms with Crippen LogP contribution in [0, 0.1) is 6.92 Å². The Balaban J connectivity index is 2.30. The lowest BCUT2D eigenvalue weighted by Crippen LogP contribution is -2.25. The van der Waals surface area contributed by atoms with Crippen molar-refractivity contribution in [2.75, 3.05) is 17.7 Å². The van der Waals surface area contributed by atoms with Gasteiger partial charge in [0.25, 0.3) is 5.91 Å². The van der Waals surface area contributed by atoms with Crippen LogP contribution in [0.25, 0.3) is 0 Å². The molecular weight excluding hydrogens is 232 g/mol. The summed E-state index contributed by atoms with van der Waals surface area (Å²) in [7, 11) is 1.76. The van der Waals surface area contributed by atoms with Gasteiger partial charge in [0.1, 0.15) is 0 Å². The first-order valence-corrected chi connectivity index (χ1v) is 6.15. The molecule has 0 saturated heterocycles. The molecule has 1 aromatic carbocycles. The highest BCUT2D eigenvalue weighted by atomic mass is 32.1. The van der Waals surface area contributed by atoms with Crippen molar-refractivity contribution in [2.45, 2.75) is 6.92 Å². The average molecular weight is 246 g/mol. The lowest BCUT2D eigenvalue weighted by atomic mass is 10.2. The van der Waals surface area contributed by atoms with Crippen molar-refractivity contribution in [1.29, 1.82) is 0 Å². The molecule has 1 amide bonds. The summed E-state index contributed by atoms with van der Waals surface area (Å²) in [6.07, 6.45) is 0. The predicted molar refractivity (Wildman–Crippen MR) is 72.6 cm³/mol. The van der Waals surface area contributed by atoms with Crippen LogP contribution in [0.15, 0.2) is 35.7 Å². The fourth-order valence-electron chi connectivity index (χ4n) is 1.59. The van der Waals surface area contributed by atoms with E-state index < -0.39 is 0 Å². The number of hydrogen-bond donors (Lipinski definition) is 1. The number of hydrogen-bond acceptors (Lipinski definition) is 3.